The molecule has 0 aliphatic rings. The fraction of sp³-hybridized carbons (Fsp3) is 0.263. The van der Waals surface area contributed by atoms with E-state index in [-0.39, 0.29) is 6.10 Å². The lowest BCUT2D eigenvalue weighted by molar-refractivity contribution is 0.217. The van der Waals surface area contributed by atoms with Gasteiger partial charge in [0.15, 0.2) is 0 Å². The van der Waals surface area contributed by atoms with E-state index in [4.69, 9.17) is 20.9 Å². The third-order valence-electron chi connectivity index (χ3n) is 3.89. The van der Waals surface area contributed by atoms with Gasteiger partial charge in [-0.3, -0.25) is 0 Å². The van der Waals surface area contributed by atoms with Crippen LogP contribution in [0.1, 0.15) is 25.8 Å². The number of aromatic nitrogens is 2. The summed E-state index contributed by atoms with van der Waals surface area (Å²) in [5, 5.41) is 4.60. The molecule has 24 heavy (non-hydrogen) atoms. The highest BCUT2D eigenvalue weighted by Crippen LogP contribution is 2.31. The number of hydrogen-bond donors (Lipinski definition) is 0. The van der Waals surface area contributed by atoms with Crippen LogP contribution in [0.25, 0.3) is 22.8 Å². The van der Waals surface area contributed by atoms with Crippen molar-refractivity contribution in [3.63, 3.8) is 0 Å². The smallest absolute Gasteiger partial charge is 0.258 e. The maximum atomic E-state index is 6.32. The third-order valence-corrected chi connectivity index (χ3v) is 4.19. The van der Waals surface area contributed by atoms with Gasteiger partial charge in [0.2, 0.25) is 5.82 Å². The Morgan fingerprint density at radius 1 is 1.21 bits per heavy atom. The molecule has 1 heterocycles. The molecule has 124 valence electrons. The molecule has 0 radical (unpaired) electrons. The molecule has 0 bridgehead atoms. The molecule has 0 aliphatic heterocycles. The molecule has 3 rings (SSSR count). The molecule has 0 fully saturated rings. The van der Waals surface area contributed by atoms with Crippen molar-refractivity contribution >= 4 is 11.6 Å². The fourth-order valence-electron chi connectivity index (χ4n) is 2.30. The summed E-state index contributed by atoms with van der Waals surface area (Å²) >= 11 is 6.32. The van der Waals surface area contributed by atoms with Crippen molar-refractivity contribution in [1.29, 1.82) is 0 Å². The van der Waals surface area contributed by atoms with E-state index in [1.807, 2.05) is 50.2 Å². The van der Waals surface area contributed by atoms with Gasteiger partial charge in [-0.05, 0) is 50.1 Å². The minimum absolute atomic E-state index is 0.117. The van der Waals surface area contributed by atoms with Crippen molar-refractivity contribution in [2.45, 2.75) is 33.3 Å². The number of hydrogen-bond acceptors (Lipinski definition) is 4. The van der Waals surface area contributed by atoms with E-state index in [0.717, 1.165) is 23.1 Å². The number of rotatable bonds is 5. The van der Waals surface area contributed by atoms with Crippen molar-refractivity contribution in [3.05, 3.63) is 53.1 Å². The maximum Gasteiger partial charge on any atom is 0.258 e. The SMILES string of the molecule is CCC(C)Oc1ccc(-c2noc(-c3ccccc3C)n2)cc1Cl. The number of nitrogens with zero attached hydrogens (tertiary/aromatic N) is 2. The van der Waals surface area contributed by atoms with E-state index in [9.17, 15) is 0 Å². The predicted molar refractivity (Wildman–Crippen MR) is 95.3 cm³/mol. The Morgan fingerprint density at radius 3 is 2.71 bits per heavy atom. The Kier molecular flexibility index (Phi) is 4.86. The number of halogens is 1. The molecule has 0 N–H and O–H groups in total. The van der Waals surface area contributed by atoms with Crippen LogP contribution in [0.4, 0.5) is 0 Å². The van der Waals surface area contributed by atoms with Crippen LogP contribution in [0.2, 0.25) is 5.02 Å². The van der Waals surface area contributed by atoms with Gasteiger partial charge in [-0.25, -0.2) is 0 Å². The first-order valence-corrected chi connectivity index (χ1v) is 8.32. The molecule has 0 amide bonds. The van der Waals surface area contributed by atoms with Gasteiger partial charge < -0.3 is 9.26 Å². The molecule has 4 nitrogen and oxygen atoms in total. The van der Waals surface area contributed by atoms with Crippen LogP contribution in [-0.4, -0.2) is 16.2 Å². The first-order valence-electron chi connectivity index (χ1n) is 7.94. The highest BCUT2D eigenvalue weighted by Gasteiger charge is 2.14. The van der Waals surface area contributed by atoms with E-state index < -0.39 is 0 Å². The quantitative estimate of drug-likeness (QED) is 0.610. The van der Waals surface area contributed by atoms with E-state index in [2.05, 4.69) is 17.1 Å². The van der Waals surface area contributed by atoms with E-state index in [1.165, 1.54) is 0 Å². The summed E-state index contributed by atoms with van der Waals surface area (Å²) < 4.78 is 11.2. The molecule has 0 aliphatic carbocycles. The summed E-state index contributed by atoms with van der Waals surface area (Å²) in [5.41, 5.74) is 2.81. The first kappa shape index (κ1) is 16.5. The van der Waals surface area contributed by atoms with E-state index >= 15 is 0 Å². The minimum Gasteiger partial charge on any atom is -0.489 e. The Hall–Kier alpha value is -2.33. The lowest BCUT2D eigenvalue weighted by atomic mass is 10.1. The van der Waals surface area contributed by atoms with Crippen molar-refractivity contribution in [2.24, 2.45) is 0 Å². The number of ether oxygens (including phenoxy) is 1. The molecular weight excluding hydrogens is 324 g/mol. The summed E-state index contributed by atoms with van der Waals surface area (Å²) in [6, 6.07) is 13.4. The summed E-state index contributed by atoms with van der Waals surface area (Å²) in [7, 11) is 0. The zero-order valence-electron chi connectivity index (χ0n) is 13.9. The van der Waals surface area contributed by atoms with Crippen LogP contribution in [0.5, 0.6) is 5.75 Å². The maximum absolute atomic E-state index is 6.32. The van der Waals surface area contributed by atoms with E-state index in [1.54, 1.807) is 6.07 Å². The van der Waals surface area contributed by atoms with Crippen LogP contribution in [0, 0.1) is 6.92 Å². The lowest BCUT2D eigenvalue weighted by Gasteiger charge is -2.13. The Labute approximate surface area is 146 Å². The molecule has 0 saturated heterocycles. The second kappa shape index (κ2) is 7.05. The van der Waals surface area contributed by atoms with Crippen LogP contribution in [0.3, 0.4) is 0 Å². The van der Waals surface area contributed by atoms with Crippen molar-refractivity contribution in [1.82, 2.24) is 10.1 Å². The molecule has 1 unspecified atom stereocenters. The molecule has 2 aromatic carbocycles. The fourth-order valence-corrected chi connectivity index (χ4v) is 2.52. The highest BCUT2D eigenvalue weighted by atomic mass is 35.5. The second-order valence-corrected chi connectivity index (χ2v) is 6.13. The summed E-state index contributed by atoms with van der Waals surface area (Å²) in [6.07, 6.45) is 1.04. The van der Waals surface area contributed by atoms with Crippen LogP contribution in [0.15, 0.2) is 47.0 Å². The molecule has 3 aromatic rings. The zero-order chi connectivity index (χ0) is 17.1. The summed E-state index contributed by atoms with van der Waals surface area (Å²) in [4.78, 5) is 4.48. The van der Waals surface area contributed by atoms with Gasteiger partial charge in [0.25, 0.3) is 5.89 Å². The topological polar surface area (TPSA) is 48.2 Å². The average molecular weight is 343 g/mol. The molecule has 0 saturated carbocycles. The van der Waals surface area contributed by atoms with Crippen LogP contribution >= 0.6 is 11.6 Å². The Bertz CT molecular complexity index is 845. The average Bonchev–Trinajstić information content (AvgIpc) is 3.06. The zero-order valence-corrected chi connectivity index (χ0v) is 14.7. The van der Waals surface area contributed by atoms with Gasteiger partial charge in [0.1, 0.15) is 5.75 Å². The van der Waals surface area contributed by atoms with Crippen LogP contribution < -0.4 is 4.74 Å². The molecule has 1 atom stereocenters. The molecular formula is C19H19ClN2O2. The number of aryl methyl sites for hydroxylation is 1. The van der Waals surface area contributed by atoms with E-state index in [0.29, 0.717) is 22.5 Å². The third kappa shape index (κ3) is 3.44. The standard InChI is InChI=1S/C19H19ClN2O2/c1-4-13(3)23-17-10-9-14(11-16(17)20)18-21-19(24-22-18)15-8-6-5-7-12(15)2/h5-11,13H,4H2,1-3H3. The minimum atomic E-state index is 0.117. The second-order valence-electron chi connectivity index (χ2n) is 5.72. The predicted octanol–water partition coefficient (Wildman–Crippen LogP) is 5.54. The van der Waals surface area contributed by atoms with Crippen molar-refractivity contribution in [2.75, 3.05) is 0 Å². The van der Waals surface area contributed by atoms with Gasteiger partial charge >= 0.3 is 0 Å². The van der Waals surface area contributed by atoms with Gasteiger partial charge in [-0.1, -0.05) is 41.9 Å². The Balaban J connectivity index is 1.88. The summed E-state index contributed by atoms with van der Waals surface area (Å²) in [6.45, 7) is 6.09. The number of benzene rings is 2. The van der Waals surface area contributed by atoms with Crippen molar-refractivity contribution < 1.29 is 9.26 Å². The normalized spacial score (nSPS) is 12.2. The molecule has 1 aromatic heterocycles. The molecule has 0 spiro atoms. The first-order chi connectivity index (χ1) is 11.6. The lowest BCUT2D eigenvalue weighted by Crippen LogP contribution is -2.09. The van der Waals surface area contributed by atoms with Crippen molar-refractivity contribution in [3.8, 4) is 28.6 Å². The van der Waals surface area contributed by atoms with Gasteiger partial charge in [0.05, 0.1) is 11.1 Å². The van der Waals surface area contributed by atoms with Crippen LogP contribution in [-0.2, 0) is 0 Å². The Morgan fingerprint density at radius 2 is 2.00 bits per heavy atom. The van der Waals surface area contributed by atoms with Gasteiger partial charge in [-0.2, -0.15) is 4.98 Å². The van der Waals surface area contributed by atoms with Gasteiger partial charge in [-0.15, -0.1) is 0 Å². The highest BCUT2D eigenvalue weighted by molar-refractivity contribution is 6.32. The monoisotopic (exact) mass is 342 g/mol. The molecule has 5 heteroatoms. The summed E-state index contributed by atoms with van der Waals surface area (Å²) in [5.74, 6) is 1.67. The largest absolute Gasteiger partial charge is 0.489 e. The van der Waals surface area contributed by atoms with Gasteiger partial charge in [0, 0.05) is 11.1 Å².